The largest absolute Gasteiger partial charge is 0.279 e. The van der Waals surface area contributed by atoms with E-state index in [-0.39, 0.29) is 11.8 Å². The summed E-state index contributed by atoms with van der Waals surface area (Å²) in [5, 5.41) is 0. The number of carbonyl (C=O) groups is 2. The van der Waals surface area contributed by atoms with Crippen molar-refractivity contribution in [1.82, 2.24) is 4.90 Å². The molecule has 0 unspecified atom stereocenters. The maximum Gasteiger partial charge on any atom is 0.229 e. The van der Waals surface area contributed by atoms with Gasteiger partial charge in [0.15, 0.2) is 0 Å². The van der Waals surface area contributed by atoms with E-state index in [4.69, 9.17) is 0 Å². The molecule has 19 heavy (non-hydrogen) atoms. The Balaban J connectivity index is 4.48. The quantitative estimate of drug-likeness (QED) is 0.656. The molecule has 2 amide bonds. The predicted molar refractivity (Wildman–Crippen MR) is 79.7 cm³/mol. The van der Waals surface area contributed by atoms with Crippen LogP contribution in [0, 0.1) is 0 Å². The molecule has 0 N–H and O–H groups in total. The van der Waals surface area contributed by atoms with Gasteiger partial charge >= 0.3 is 0 Å². The number of hydrogen-bond acceptors (Lipinski definition) is 2. The van der Waals surface area contributed by atoms with Gasteiger partial charge in [0.05, 0.1) is 0 Å². The number of imide groups is 1. The zero-order valence-corrected chi connectivity index (χ0v) is 13.0. The Hall–Kier alpha value is -1.38. The fourth-order valence-electron chi connectivity index (χ4n) is 1.66. The normalized spacial score (nSPS) is 11.1. The summed E-state index contributed by atoms with van der Waals surface area (Å²) >= 11 is 0. The molecule has 0 aliphatic carbocycles. The molecular weight excluding hydrogens is 238 g/mol. The van der Waals surface area contributed by atoms with Crippen LogP contribution in [0.15, 0.2) is 23.3 Å². The van der Waals surface area contributed by atoms with Gasteiger partial charge in [-0.3, -0.25) is 14.5 Å². The molecule has 0 aromatic carbocycles. The zero-order valence-electron chi connectivity index (χ0n) is 13.0. The lowest BCUT2D eigenvalue weighted by atomic mass is 10.1. The topological polar surface area (TPSA) is 37.4 Å². The number of allylic oxidation sites excluding steroid dienone is 3. The summed E-state index contributed by atoms with van der Waals surface area (Å²) in [7, 11) is 0. The number of nitrogens with zero attached hydrogens (tertiary/aromatic N) is 1. The van der Waals surface area contributed by atoms with Crippen LogP contribution in [0.4, 0.5) is 0 Å². The molecule has 0 saturated heterocycles. The van der Waals surface area contributed by atoms with Gasteiger partial charge in [-0.15, -0.1) is 0 Å². The Morgan fingerprint density at radius 3 is 1.89 bits per heavy atom. The molecular formula is C16H27NO2. The van der Waals surface area contributed by atoms with Crippen LogP contribution in [0.3, 0.4) is 0 Å². The molecule has 0 aliphatic heterocycles. The smallest absolute Gasteiger partial charge is 0.229 e. The first-order chi connectivity index (χ1) is 8.92. The van der Waals surface area contributed by atoms with Crippen LogP contribution in [-0.2, 0) is 9.59 Å². The van der Waals surface area contributed by atoms with E-state index < -0.39 is 0 Å². The molecule has 108 valence electrons. The SMILES string of the molecule is CCC(=O)N(C/C=C(\C)CCC=C(C)C)C(=O)CC. The Kier molecular flexibility index (Phi) is 8.84. The minimum absolute atomic E-state index is 0.0970. The second kappa shape index (κ2) is 9.54. The Morgan fingerprint density at radius 2 is 1.47 bits per heavy atom. The predicted octanol–water partition coefficient (Wildman–Crippen LogP) is 3.85. The average Bonchev–Trinajstić information content (AvgIpc) is 2.37. The van der Waals surface area contributed by atoms with Crippen LogP contribution in [0.2, 0.25) is 0 Å². The molecule has 0 atom stereocenters. The van der Waals surface area contributed by atoms with Gasteiger partial charge in [0.1, 0.15) is 0 Å². The summed E-state index contributed by atoms with van der Waals surface area (Å²) in [6, 6.07) is 0. The minimum Gasteiger partial charge on any atom is -0.279 e. The lowest BCUT2D eigenvalue weighted by molar-refractivity contribution is -0.143. The second-order valence-corrected chi connectivity index (χ2v) is 4.98. The number of amides is 2. The van der Waals surface area contributed by atoms with Crippen LogP contribution < -0.4 is 0 Å². The van der Waals surface area contributed by atoms with E-state index in [0.29, 0.717) is 19.4 Å². The fraction of sp³-hybridized carbons (Fsp3) is 0.625. The summed E-state index contributed by atoms with van der Waals surface area (Å²) in [5.74, 6) is -0.194. The third-order valence-corrected chi connectivity index (χ3v) is 2.92. The molecule has 0 bridgehead atoms. The van der Waals surface area contributed by atoms with Crippen molar-refractivity contribution < 1.29 is 9.59 Å². The monoisotopic (exact) mass is 265 g/mol. The number of rotatable bonds is 7. The van der Waals surface area contributed by atoms with Crippen LogP contribution >= 0.6 is 0 Å². The van der Waals surface area contributed by atoms with Gasteiger partial charge in [0, 0.05) is 19.4 Å². The second-order valence-electron chi connectivity index (χ2n) is 4.98. The third-order valence-electron chi connectivity index (χ3n) is 2.92. The highest BCUT2D eigenvalue weighted by atomic mass is 16.2. The summed E-state index contributed by atoms with van der Waals surface area (Å²) in [5.41, 5.74) is 2.53. The summed E-state index contributed by atoms with van der Waals surface area (Å²) in [6.45, 7) is 10.2. The number of hydrogen-bond donors (Lipinski definition) is 0. The van der Waals surface area contributed by atoms with Gasteiger partial charge in [0.2, 0.25) is 11.8 Å². The van der Waals surface area contributed by atoms with Crippen LogP contribution in [-0.4, -0.2) is 23.3 Å². The van der Waals surface area contributed by atoms with Gasteiger partial charge in [0.25, 0.3) is 0 Å². The molecule has 0 heterocycles. The van der Waals surface area contributed by atoms with Crippen molar-refractivity contribution >= 4 is 11.8 Å². The van der Waals surface area contributed by atoms with Crippen LogP contribution in [0.1, 0.15) is 60.3 Å². The average molecular weight is 265 g/mol. The van der Waals surface area contributed by atoms with Crippen molar-refractivity contribution in [3.63, 3.8) is 0 Å². The van der Waals surface area contributed by atoms with E-state index >= 15 is 0 Å². The molecule has 3 nitrogen and oxygen atoms in total. The van der Waals surface area contributed by atoms with Crippen LogP contribution in [0.5, 0.6) is 0 Å². The molecule has 0 aromatic heterocycles. The van der Waals surface area contributed by atoms with E-state index in [1.54, 1.807) is 13.8 Å². The van der Waals surface area contributed by atoms with E-state index in [2.05, 4.69) is 19.9 Å². The van der Waals surface area contributed by atoms with E-state index in [0.717, 1.165) is 12.8 Å². The van der Waals surface area contributed by atoms with Gasteiger partial charge < -0.3 is 0 Å². The summed E-state index contributed by atoms with van der Waals surface area (Å²) in [4.78, 5) is 24.7. The molecule has 0 radical (unpaired) electrons. The Bertz CT molecular complexity index is 347. The highest BCUT2D eigenvalue weighted by Crippen LogP contribution is 2.08. The van der Waals surface area contributed by atoms with Gasteiger partial charge in [-0.2, -0.15) is 0 Å². The highest BCUT2D eigenvalue weighted by molar-refractivity contribution is 5.95. The summed E-state index contributed by atoms with van der Waals surface area (Å²) in [6.07, 6.45) is 6.91. The van der Waals surface area contributed by atoms with Gasteiger partial charge in [-0.05, 0) is 33.6 Å². The molecule has 0 spiro atoms. The molecule has 0 rings (SSSR count). The third kappa shape index (κ3) is 7.60. The van der Waals surface area contributed by atoms with Gasteiger partial charge in [-0.1, -0.05) is 37.1 Å². The number of carbonyl (C=O) groups excluding carboxylic acids is 2. The molecule has 0 aromatic rings. The van der Waals surface area contributed by atoms with Crippen molar-refractivity contribution in [1.29, 1.82) is 0 Å². The van der Waals surface area contributed by atoms with Crippen LogP contribution in [0.25, 0.3) is 0 Å². The molecule has 0 saturated carbocycles. The Morgan fingerprint density at radius 1 is 0.947 bits per heavy atom. The lowest BCUT2D eigenvalue weighted by Gasteiger charge is -2.18. The van der Waals surface area contributed by atoms with Crippen molar-refractivity contribution in [2.24, 2.45) is 0 Å². The van der Waals surface area contributed by atoms with E-state index in [9.17, 15) is 9.59 Å². The van der Waals surface area contributed by atoms with Gasteiger partial charge in [-0.25, -0.2) is 0 Å². The highest BCUT2D eigenvalue weighted by Gasteiger charge is 2.16. The first-order valence-corrected chi connectivity index (χ1v) is 7.04. The Labute approximate surface area is 117 Å². The maximum absolute atomic E-state index is 11.7. The standard InChI is InChI=1S/C16H27NO2/c1-6-15(18)17(16(19)7-2)12-11-14(5)10-8-9-13(3)4/h9,11H,6-8,10,12H2,1-5H3/b14-11+. The van der Waals surface area contributed by atoms with E-state index in [1.165, 1.54) is 16.0 Å². The minimum atomic E-state index is -0.0970. The van der Waals surface area contributed by atoms with Crippen molar-refractivity contribution in [3.8, 4) is 0 Å². The molecule has 3 heteroatoms. The van der Waals surface area contributed by atoms with Crippen molar-refractivity contribution in [2.75, 3.05) is 6.54 Å². The molecule has 0 aliphatic rings. The molecule has 0 fully saturated rings. The lowest BCUT2D eigenvalue weighted by Crippen LogP contribution is -2.36. The maximum atomic E-state index is 11.7. The summed E-state index contributed by atoms with van der Waals surface area (Å²) < 4.78 is 0. The zero-order chi connectivity index (χ0) is 14.8. The first-order valence-electron chi connectivity index (χ1n) is 7.04. The van der Waals surface area contributed by atoms with Crippen molar-refractivity contribution in [2.45, 2.75) is 60.3 Å². The van der Waals surface area contributed by atoms with E-state index in [1.807, 2.05) is 13.0 Å². The first kappa shape index (κ1) is 17.6. The fourth-order valence-corrected chi connectivity index (χ4v) is 1.66. The van der Waals surface area contributed by atoms with Crippen molar-refractivity contribution in [3.05, 3.63) is 23.3 Å².